The van der Waals surface area contributed by atoms with Gasteiger partial charge in [0.25, 0.3) is 0 Å². The van der Waals surface area contributed by atoms with Gasteiger partial charge in [-0.3, -0.25) is 33.6 Å². The predicted octanol–water partition coefficient (Wildman–Crippen LogP) is 27.0. The molecule has 0 fully saturated rings. The molecule has 147 heavy (non-hydrogen) atoms. The van der Waals surface area contributed by atoms with Crippen LogP contribution < -0.4 is 43.4 Å². The Balaban J connectivity index is 0.000000291. The summed E-state index contributed by atoms with van der Waals surface area (Å²) in [5, 5.41) is 54.0. The van der Waals surface area contributed by atoms with E-state index in [1.807, 2.05) is 202 Å². The van der Waals surface area contributed by atoms with Crippen LogP contribution >= 0.6 is 15.9 Å². The number of rotatable bonds is 28. The lowest BCUT2D eigenvalue weighted by Gasteiger charge is -2.07. The molecule has 0 amide bonds. The predicted molar refractivity (Wildman–Crippen MR) is 583 cm³/mol. The number of phenolic OH excluding ortho intramolecular Hbond substituents is 4. The highest BCUT2D eigenvalue weighted by molar-refractivity contribution is 9.11. The molecule has 1 aliphatic carbocycles. The van der Waals surface area contributed by atoms with Crippen molar-refractivity contribution in [2.24, 2.45) is 0 Å². The minimum absolute atomic E-state index is 0. The lowest BCUT2D eigenvalue weighted by atomic mass is 9.88. The third-order valence-corrected chi connectivity index (χ3v) is 19.8. The van der Waals surface area contributed by atoms with Crippen molar-refractivity contribution in [3.05, 3.63) is 443 Å². The third-order valence-electron chi connectivity index (χ3n) is 19.1. The number of phenols is 4. The second-order valence-electron chi connectivity index (χ2n) is 31.0. The summed E-state index contributed by atoms with van der Waals surface area (Å²) in [6.45, 7) is 11.7. The van der Waals surface area contributed by atoms with Gasteiger partial charge in [0.15, 0.2) is 11.6 Å². The Morgan fingerprint density at radius 3 is 0.857 bits per heavy atom. The number of Topliss-reactive ketones (excluding diaryl/α,β-unsaturated/α-hetero) is 2. The highest BCUT2D eigenvalue weighted by Gasteiger charge is 2.09. The van der Waals surface area contributed by atoms with Crippen LogP contribution in [0.5, 0.6) is 97.7 Å². The Kier molecular flexibility index (Phi) is 55.6. The summed E-state index contributed by atoms with van der Waals surface area (Å²) in [4.78, 5) is 94.8. The highest BCUT2D eigenvalue weighted by Crippen LogP contribution is 2.32. The number of aliphatic hydroxyl groups excluding tert-OH is 1. The molecule has 1 radical (unpaired) electrons. The van der Waals surface area contributed by atoms with E-state index in [9.17, 15) is 53.4 Å². The lowest BCUT2D eigenvalue weighted by Crippen LogP contribution is -2.13. The fourth-order valence-electron chi connectivity index (χ4n) is 12.0. The SMILES string of the molecule is CC.CC(=O)/C=C/c1cccc(Oc2ccc(O)cc2)c1.CC(=O)CCc1cccc(-c2ccc(O)cc2)c1.CC(C)=O.COc1ccc(Oc2cccc(/C=C/C(C)=O)c2)cc1.COc1ccc(Oc2cccc(C=O)c2)cc1.COc1ccc(Oc2cccc(C=O)c2)cc1.O.O=Cc1cccc(-c2ccc(O)cc2)c1.O=Cc1cccc(Oc2ccc(O)cc2)c1.O=Cc1cccc([B]O)c1.OC1=CC=C(Br)CC1. The number of aldehydes is 5. The number of aromatic hydroxyl groups is 4. The lowest BCUT2D eigenvalue weighted by molar-refractivity contribution is -0.117. The van der Waals surface area contributed by atoms with Crippen molar-refractivity contribution in [2.45, 2.75) is 74.1 Å². The summed E-state index contributed by atoms with van der Waals surface area (Å²) in [5.74, 6) is 10.8. The number of carbonyl (C=O) groups is 9. The Hall–Kier alpha value is -17.8. The topological polar surface area (TPSA) is 380 Å². The van der Waals surface area contributed by atoms with Crippen molar-refractivity contribution >= 4 is 95.6 Å². The van der Waals surface area contributed by atoms with E-state index in [1.54, 1.807) is 222 Å². The molecule has 15 aromatic rings. The zero-order chi connectivity index (χ0) is 106. The number of aliphatic hydroxyl groups is 1. The van der Waals surface area contributed by atoms with Crippen LogP contribution in [0.15, 0.2) is 399 Å². The highest BCUT2D eigenvalue weighted by atomic mass is 79.9. The molecule has 755 valence electrons. The summed E-state index contributed by atoms with van der Waals surface area (Å²) in [5.41, 5.74) is 10.7. The molecule has 0 spiro atoms. The minimum Gasteiger partial charge on any atom is -0.512 e. The number of allylic oxidation sites excluding steroid dienone is 6. The fraction of sp³-hybridized carbons (Fsp3) is 0.116. The van der Waals surface area contributed by atoms with Crippen LogP contribution in [0.2, 0.25) is 0 Å². The van der Waals surface area contributed by atoms with Crippen LogP contribution in [0.3, 0.4) is 0 Å². The normalized spacial score (nSPS) is 10.3. The van der Waals surface area contributed by atoms with Gasteiger partial charge in [-0.2, -0.15) is 0 Å². The smallest absolute Gasteiger partial charge is 0.326 e. The van der Waals surface area contributed by atoms with Gasteiger partial charge in [0.2, 0.25) is 0 Å². The second-order valence-corrected chi connectivity index (χ2v) is 32.0. The molecule has 26 heteroatoms. The summed E-state index contributed by atoms with van der Waals surface area (Å²) in [6.07, 6.45) is 17.1. The van der Waals surface area contributed by atoms with E-state index in [0.29, 0.717) is 91.5 Å². The maximum atomic E-state index is 11.0. The molecule has 0 aliphatic heterocycles. The number of aryl methyl sites for hydroxylation is 1. The minimum atomic E-state index is 0. The molecule has 0 atom stereocenters. The van der Waals surface area contributed by atoms with Crippen molar-refractivity contribution in [3.8, 4) is 120 Å². The zero-order valence-corrected chi connectivity index (χ0v) is 84.5. The number of benzene rings is 15. The molecule has 0 aromatic heterocycles. The van der Waals surface area contributed by atoms with Crippen LogP contribution in [0, 0.1) is 0 Å². The first-order valence-electron chi connectivity index (χ1n) is 45.6. The van der Waals surface area contributed by atoms with Gasteiger partial charge in [0, 0.05) is 40.7 Å². The number of ketones is 4. The van der Waals surface area contributed by atoms with Gasteiger partial charge >= 0.3 is 7.48 Å². The van der Waals surface area contributed by atoms with Crippen LogP contribution in [0.4, 0.5) is 0 Å². The van der Waals surface area contributed by atoms with Gasteiger partial charge in [0.05, 0.1) is 27.1 Å². The van der Waals surface area contributed by atoms with Crippen LogP contribution in [-0.4, -0.2) is 119 Å². The Morgan fingerprint density at radius 2 is 0.571 bits per heavy atom. The quantitative estimate of drug-likeness (QED) is 0.0151. The van der Waals surface area contributed by atoms with E-state index in [4.69, 9.17) is 58.2 Å². The summed E-state index contributed by atoms with van der Waals surface area (Å²) < 4.78 is 44.5. The van der Waals surface area contributed by atoms with Crippen molar-refractivity contribution in [3.63, 3.8) is 0 Å². The summed E-state index contributed by atoms with van der Waals surface area (Å²) >= 11 is 3.32. The molecule has 8 N–H and O–H groups in total. The third kappa shape index (κ3) is 49.4. The van der Waals surface area contributed by atoms with Crippen molar-refractivity contribution in [2.75, 3.05) is 21.3 Å². The van der Waals surface area contributed by atoms with Gasteiger partial charge < -0.3 is 83.5 Å². The van der Waals surface area contributed by atoms with Crippen LogP contribution in [0.25, 0.3) is 34.4 Å². The molecular weight excluding hydrogens is 1930 g/mol. The molecule has 0 bridgehead atoms. The standard InChI is InChI=1S/C17H16O3.C16H14O3.C16H16O2.2C14H12O3.C13H10O3.C13H10O2.C7H6BO2.C6H7BrO.C3H6O.C2H6.H2O/c1-13(18)6-7-14-4-3-5-17(12-14)20-16-10-8-15(19-2)9-11-16;1-12(17)5-6-13-3-2-4-16(11-13)19-15-9-7-14(18)8-10-15;1-12(17)5-6-13-3-2-4-15(11-13)14-7-9-16(18)10-8-14;2*1-16-12-5-7-13(8-6-12)17-14-4-2-3-11(9-14)10-15;14-9-10-2-1-3-13(8-10)16-12-6-4-11(15)5-7-12;14-9-10-2-1-3-12(8-10)11-4-6-13(15)7-5-11;9-5-6-2-1-3-7(4-6)8-10;7-5-1-3-6(8)4-2-5;1-3(2)4;1-2;/h3-12H,1-2H3;2-11,18H,1H3;2-4,7-11,18H,5-6H2,1H3;2*2-10H,1H3;1-9,15H;1-9,15H;1-5,10H;1,3,8H,2,4H2;1-2H3;1-2H3;1H2/b7-6+;6-5+;;;;;;;;;;. The maximum absolute atomic E-state index is 11.0. The van der Waals surface area contributed by atoms with Crippen LogP contribution in [0.1, 0.15) is 136 Å². The first kappa shape index (κ1) is 120. The van der Waals surface area contributed by atoms with Crippen molar-refractivity contribution < 1.29 is 117 Å². The van der Waals surface area contributed by atoms with Gasteiger partial charge in [-0.05, 0) is 328 Å². The van der Waals surface area contributed by atoms with E-state index in [2.05, 4.69) is 22.0 Å². The number of carbonyl (C=O) groups excluding carboxylic acids is 9. The molecule has 0 unspecified atom stereocenters. The molecule has 0 saturated carbocycles. The number of methoxy groups -OCH3 is 3. The second kappa shape index (κ2) is 68.3. The zero-order valence-electron chi connectivity index (χ0n) is 82.9. The Labute approximate surface area is 865 Å². The van der Waals surface area contributed by atoms with Gasteiger partial charge in [0.1, 0.15) is 141 Å². The van der Waals surface area contributed by atoms with E-state index in [0.717, 1.165) is 130 Å². The Morgan fingerprint density at radius 1 is 0.306 bits per heavy atom. The first-order chi connectivity index (χ1) is 70.5. The molecule has 0 heterocycles. The van der Waals surface area contributed by atoms with Gasteiger partial charge in [-0.1, -0.05) is 199 Å². The number of hydrogen-bond donors (Lipinski definition) is 6. The van der Waals surface area contributed by atoms with Gasteiger partial charge in [-0.25, -0.2) is 0 Å². The number of ether oxygens (including phenoxy) is 8. The molecule has 15 aromatic carbocycles. The van der Waals surface area contributed by atoms with Crippen molar-refractivity contribution in [1.82, 2.24) is 0 Å². The fourth-order valence-corrected chi connectivity index (χ4v) is 12.4. The summed E-state index contributed by atoms with van der Waals surface area (Å²) in [6, 6.07) is 107. The van der Waals surface area contributed by atoms with E-state index >= 15 is 0 Å². The van der Waals surface area contributed by atoms with E-state index in [1.165, 1.54) is 39.8 Å². The molecule has 0 saturated heterocycles. The molecular formula is C121H117BBrO24. The Bertz CT molecular complexity index is 6580. The monoisotopic (exact) mass is 2040 g/mol. The average Bonchev–Trinajstić information content (AvgIpc) is 0.846. The molecule has 1 aliphatic rings. The molecule has 16 rings (SSSR count). The van der Waals surface area contributed by atoms with Crippen LogP contribution in [-0.2, 0) is 25.6 Å². The van der Waals surface area contributed by atoms with E-state index < -0.39 is 0 Å². The number of hydrogen-bond acceptors (Lipinski definition) is 23. The summed E-state index contributed by atoms with van der Waals surface area (Å²) in [7, 11) is 5.82. The number of halogens is 1. The average molecular weight is 2050 g/mol. The van der Waals surface area contributed by atoms with Gasteiger partial charge in [-0.15, -0.1) is 0 Å². The maximum Gasteiger partial charge on any atom is 0.326 e. The van der Waals surface area contributed by atoms with Crippen molar-refractivity contribution in [1.29, 1.82) is 0 Å². The largest absolute Gasteiger partial charge is 0.512 e. The van der Waals surface area contributed by atoms with E-state index in [-0.39, 0.29) is 51.6 Å². The molecule has 24 nitrogen and oxygen atoms in total. The first-order valence-corrected chi connectivity index (χ1v) is 46.4.